The van der Waals surface area contributed by atoms with Crippen molar-refractivity contribution in [3.05, 3.63) is 59.7 Å². The number of hydrogen-bond donors (Lipinski definition) is 1. The molecule has 1 heterocycles. The van der Waals surface area contributed by atoms with Crippen LogP contribution in [-0.2, 0) is 12.8 Å². The van der Waals surface area contributed by atoms with Gasteiger partial charge in [0.2, 0.25) is 0 Å². The minimum absolute atomic E-state index is 0.239. The molecule has 0 aromatic heterocycles. The second-order valence-electron chi connectivity index (χ2n) is 5.38. The van der Waals surface area contributed by atoms with Gasteiger partial charge in [0, 0.05) is 12.1 Å². The molecule has 0 bridgehead atoms. The van der Waals surface area contributed by atoms with Crippen molar-refractivity contribution in [3.63, 3.8) is 0 Å². The van der Waals surface area contributed by atoms with Gasteiger partial charge < -0.3 is 10.1 Å². The van der Waals surface area contributed by atoms with Crippen molar-refractivity contribution in [1.29, 1.82) is 0 Å². The predicted octanol–water partition coefficient (Wildman–Crippen LogP) is 4.05. The van der Waals surface area contributed by atoms with Crippen molar-refractivity contribution in [3.8, 4) is 5.75 Å². The molecule has 1 unspecified atom stereocenters. The molecule has 1 aliphatic rings. The van der Waals surface area contributed by atoms with Gasteiger partial charge in [0.15, 0.2) is 0 Å². The third-order valence-corrected chi connectivity index (χ3v) is 3.74. The largest absolute Gasteiger partial charge is 0.488 e. The first kappa shape index (κ1) is 13.0. The molecule has 0 aliphatic carbocycles. The number of rotatable bonds is 5. The summed E-state index contributed by atoms with van der Waals surface area (Å²) < 4.78 is 5.93. The summed E-state index contributed by atoms with van der Waals surface area (Å²) in [6, 6.07) is 17.0. The maximum absolute atomic E-state index is 5.93. The molecule has 1 atom stereocenters. The van der Waals surface area contributed by atoms with E-state index in [0.29, 0.717) is 0 Å². The van der Waals surface area contributed by atoms with Crippen LogP contribution in [0.3, 0.4) is 0 Å². The van der Waals surface area contributed by atoms with E-state index in [0.717, 1.165) is 25.1 Å². The monoisotopic (exact) mass is 267 g/mol. The van der Waals surface area contributed by atoms with Gasteiger partial charge in [0.05, 0.1) is 6.54 Å². The molecular weight excluding hydrogens is 246 g/mol. The number of anilines is 1. The van der Waals surface area contributed by atoms with Crippen LogP contribution >= 0.6 is 0 Å². The highest BCUT2D eigenvalue weighted by atomic mass is 16.5. The molecule has 0 amide bonds. The number of fused-ring (bicyclic) bond motifs is 1. The van der Waals surface area contributed by atoms with Crippen molar-refractivity contribution >= 4 is 5.69 Å². The Bertz CT molecular complexity index is 537. The first-order valence-electron chi connectivity index (χ1n) is 7.42. The second-order valence-corrected chi connectivity index (χ2v) is 5.38. The molecule has 0 spiro atoms. The van der Waals surface area contributed by atoms with E-state index in [-0.39, 0.29) is 6.10 Å². The van der Waals surface area contributed by atoms with Crippen LogP contribution in [0.4, 0.5) is 5.69 Å². The lowest BCUT2D eigenvalue weighted by atomic mass is 10.1. The zero-order valence-corrected chi connectivity index (χ0v) is 11.9. The SMILES string of the molecule is CCCc1ccc(NCC2Cc3ccccc3O2)cc1. The maximum atomic E-state index is 5.93. The lowest BCUT2D eigenvalue weighted by Crippen LogP contribution is -2.23. The molecule has 104 valence electrons. The Morgan fingerprint density at radius 1 is 1.10 bits per heavy atom. The molecule has 2 nitrogen and oxygen atoms in total. The van der Waals surface area contributed by atoms with E-state index < -0.39 is 0 Å². The van der Waals surface area contributed by atoms with Gasteiger partial charge in [-0.05, 0) is 35.7 Å². The Balaban J connectivity index is 1.53. The molecule has 0 fully saturated rings. The van der Waals surface area contributed by atoms with Crippen LogP contribution in [0, 0.1) is 0 Å². The summed E-state index contributed by atoms with van der Waals surface area (Å²) in [5.41, 5.74) is 3.89. The van der Waals surface area contributed by atoms with E-state index in [9.17, 15) is 0 Å². The van der Waals surface area contributed by atoms with E-state index in [2.05, 4.69) is 54.7 Å². The molecule has 2 aromatic carbocycles. The molecule has 0 saturated carbocycles. The lowest BCUT2D eigenvalue weighted by molar-refractivity contribution is 0.246. The van der Waals surface area contributed by atoms with E-state index in [1.807, 2.05) is 6.07 Å². The van der Waals surface area contributed by atoms with Crippen LogP contribution in [0.25, 0.3) is 0 Å². The van der Waals surface area contributed by atoms with E-state index in [1.54, 1.807) is 0 Å². The Morgan fingerprint density at radius 2 is 1.90 bits per heavy atom. The molecule has 3 rings (SSSR count). The molecular formula is C18H21NO. The van der Waals surface area contributed by atoms with Gasteiger partial charge >= 0.3 is 0 Å². The molecule has 1 aliphatic heterocycles. The van der Waals surface area contributed by atoms with Crippen molar-refractivity contribution in [2.75, 3.05) is 11.9 Å². The van der Waals surface area contributed by atoms with Crippen molar-refractivity contribution < 1.29 is 4.74 Å². The first-order chi connectivity index (χ1) is 9.85. The Hall–Kier alpha value is -1.96. The number of aryl methyl sites for hydroxylation is 1. The predicted molar refractivity (Wildman–Crippen MR) is 83.5 cm³/mol. The van der Waals surface area contributed by atoms with Gasteiger partial charge in [-0.2, -0.15) is 0 Å². The molecule has 0 saturated heterocycles. The first-order valence-corrected chi connectivity index (χ1v) is 7.42. The highest BCUT2D eigenvalue weighted by molar-refractivity contribution is 5.45. The zero-order valence-electron chi connectivity index (χ0n) is 11.9. The summed E-state index contributed by atoms with van der Waals surface area (Å²) in [5, 5.41) is 3.47. The fourth-order valence-corrected chi connectivity index (χ4v) is 2.68. The van der Waals surface area contributed by atoms with Crippen molar-refractivity contribution in [1.82, 2.24) is 0 Å². The van der Waals surface area contributed by atoms with Crippen molar-refractivity contribution in [2.24, 2.45) is 0 Å². The minimum atomic E-state index is 0.239. The highest BCUT2D eigenvalue weighted by Crippen LogP contribution is 2.28. The average molecular weight is 267 g/mol. The van der Waals surface area contributed by atoms with Gasteiger partial charge in [0.25, 0.3) is 0 Å². The van der Waals surface area contributed by atoms with E-state index >= 15 is 0 Å². The molecule has 0 radical (unpaired) electrons. The number of nitrogens with one attached hydrogen (secondary N) is 1. The summed E-state index contributed by atoms with van der Waals surface area (Å²) in [6.45, 7) is 3.06. The van der Waals surface area contributed by atoms with Gasteiger partial charge in [-0.1, -0.05) is 43.7 Å². The molecule has 2 heteroatoms. The van der Waals surface area contributed by atoms with Gasteiger partial charge in [-0.3, -0.25) is 0 Å². The van der Waals surface area contributed by atoms with Crippen molar-refractivity contribution in [2.45, 2.75) is 32.3 Å². The average Bonchev–Trinajstić information content (AvgIpc) is 2.90. The number of para-hydroxylation sites is 1. The van der Waals surface area contributed by atoms with Crippen LogP contribution in [0.1, 0.15) is 24.5 Å². The summed E-state index contributed by atoms with van der Waals surface area (Å²) in [7, 11) is 0. The topological polar surface area (TPSA) is 21.3 Å². The number of hydrogen-bond acceptors (Lipinski definition) is 2. The quantitative estimate of drug-likeness (QED) is 0.882. The molecule has 20 heavy (non-hydrogen) atoms. The Kier molecular flexibility index (Phi) is 3.91. The van der Waals surface area contributed by atoms with Crippen LogP contribution < -0.4 is 10.1 Å². The fraction of sp³-hybridized carbons (Fsp3) is 0.333. The van der Waals surface area contributed by atoms with Crippen LogP contribution in [0.15, 0.2) is 48.5 Å². The van der Waals surface area contributed by atoms with Crippen LogP contribution in [-0.4, -0.2) is 12.6 Å². The van der Waals surface area contributed by atoms with Crippen LogP contribution in [0.5, 0.6) is 5.75 Å². The minimum Gasteiger partial charge on any atom is -0.488 e. The van der Waals surface area contributed by atoms with E-state index in [1.165, 1.54) is 23.2 Å². The van der Waals surface area contributed by atoms with Gasteiger partial charge in [-0.25, -0.2) is 0 Å². The van der Waals surface area contributed by atoms with E-state index in [4.69, 9.17) is 4.74 Å². The zero-order chi connectivity index (χ0) is 13.8. The van der Waals surface area contributed by atoms with Crippen LogP contribution in [0.2, 0.25) is 0 Å². The smallest absolute Gasteiger partial charge is 0.123 e. The third kappa shape index (κ3) is 2.96. The normalized spacial score (nSPS) is 16.6. The van der Waals surface area contributed by atoms with Gasteiger partial charge in [-0.15, -0.1) is 0 Å². The third-order valence-electron chi connectivity index (χ3n) is 3.74. The van der Waals surface area contributed by atoms with Gasteiger partial charge in [0.1, 0.15) is 11.9 Å². The summed E-state index contributed by atoms with van der Waals surface area (Å²) >= 11 is 0. The molecule has 2 aromatic rings. The standard InChI is InChI=1S/C18H21NO/c1-2-5-14-8-10-16(11-9-14)19-13-17-12-15-6-3-4-7-18(15)20-17/h3-4,6-11,17,19H,2,5,12-13H2,1H3. The number of benzene rings is 2. The summed E-state index contributed by atoms with van der Waals surface area (Å²) in [6.07, 6.45) is 3.59. The summed E-state index contributed by atoms with van der Waals surface area (Å²) in [5.74, 6) is 1.04. The fourth-order valence-electron chi connectivity index (χ4n) is 2.68. The Morgan fingerprint density at radius 3 is 2.65 bits per heavy atom. The Labute approximate surface area is 120 Å². The molecule has 1 N–H and O–H groups in total. The summed E-state index contributed by atoms with van der Waals surface area (Å²) in [4.78, 5) is 0. The highest BCUT2D eigenvalue weighted by Gasteiger charge is 2.21. The maximum Gasteiger partial charge on any atom is 0.123 e. The lowest BCUT2D eigenvalue weighted by Gasteiger charge is -2.13. The second kappa shape index (κ2) is 6.00. The number of ether oxygens (including phenoxy) is 1.